The molecule has 0 fully saturated rings. The van der Waals surface area contributed by atoms with Crippen LogP contribution in [0.5, 0.6) is 0 Å². The van der Waals surface area contributed by atoms with E-state index in [2.05, 4.69) is 20.6 Å². The Bertz CT molecular complexity index is 466. The summed E-state index contributed by atoms with van der Waals surface area (Å²) in [6, 6.07) is 0. The first kappa shape index (κ1) is 10.6. The monoisotopic (exact) mass is 239 g/mol. The van der Waals surface area contributed by atoms with Crippen LogP contribution >= 0.6 is 11.3 Å². The quantitative estimate of drug-likeness (QED) is 0.791. The minimum atomic E-state index is -1.07. The molecule has 7 nitrogen and oxygen atoms in total. The lowest BCUT2D eigenvalue weighted by Gasteiger charge is -2.01. The van der Waals surface area contributed by atoms with E-state index in [1.54, 1.807) is 6.20 Å². The fourth-order valence-corrected chi connectivity index (χ4v) is 1.65. The number of aromatic carboxylic acids is 1. The summed E-state index contributed by atoms with van der Waals surface area (Å²) in [5.41, 5.74) is -0.0470. The Morgan fingerprint density at radius 3 is 3.12 bits per heavy atom. The van der Waals surface area contributed by atoms with Crippen molar-refractivity contribution in [3.05, 3.63) is 23.5 Å². The first-order valence-electron chi connectivity index (χ1n) is 4.52. The molecule has 0 saturated heterocycles. The number of hydrogen-bond acceptors (Lipinski definition) is 6. The van der Waals surface area contributed by atoms with E-state index in [0.29, 0.717) is 13.1 Å². The number of rotatable bonds is 5. The Morgan fingerprint density at radius 2 is 2.50 bits per heavy atom. The van der Waals surface area contributed by atoms with Crippen LogP contribution in [0.3, 0.4) is 0 Å². The molecule has 8 heteroatoms. The zero-order valence-corrected chi connectivity index (χ0v) is 9.02. The van der Waals surface area contributed by atoms with Crippen LogP contribution in [0, 0.1) is 0 Å². The van der Waals surface area contributed by atoms with Gasteiger partial charge in [0.05, 0.1) is 12.7 Å². The molecule has 84 valence electrons. The van der Waals surface area contributed by atoms with E-state index >= 15 is 0 Å². The highest BCUT2D eigenvalue weighted by Gasteiger charge is 2.07. The highest BCUT2D eigenvalue weighted by molar-refractivity contribution is 7.13. The summed E-state index contributed by atoms with van der Waals surface area (Å²) in [6.45, 7) is 1.16. The van der Waals surface area contributed by atoms with E-state index in [9.17, 15) is 4.79 Å². The first-order valence-corrected chi connectivity index (χ1v) is 5.40. The lowest BCUT2D eigenvalue weighted by molar-refractivity contribution is 0.0690. The molecule has 0 aliphatic rings. The van der Waals surface area contributed by atoms with E-state index in [1.165, 1.54) is 22.2 Å². The summed E-state index contributed by atoms with van der Waals surface area (Å²) in [6.07, 6.45) is 3.11. The van der Waals surface area contributed by atoms with Crippen molar-refractivity contribution in [3.63, 3.8) is 0 Å². The van der Waals surface area contributed by atoms with Gasteiger partial charge in [0.2, 0.25) is 0 Å². The van der Waals surface area contributed by atoms with Gasteiger partial charge < -0.3 is 10.4 Å². The number of hydrogen-bond donors (Lipinski definition) is 2. The average Bonchev–Trinajstić information content (AvgIpc) is 2.87. The van der Waals surface area contributed by atoms with Gasteiger partial charge >= 0.3 is 5.97 Å². The molecule has 0 amide bonds. The lowest BCUT2D eigenvalue weighted by Crippen LogP contribution is -2.10. The maximum atomic E-state index is 10.5. The van der Waals surface area contributed by atoms with Crippen LogP contribution in [-0.4, -0.2) is 37.6 Å². The number of anilines is 1. The van der Waals surface area contributed by atoms with Crippen molar-refractivity contribution in [2.75, 3.05) is 11.9 Å². The van der Waals surface area contributed by atoms with Crippen LogP contribution in [0.25, 0.3) is 0 Å². The summed E-state index contributed by atoms with van der Waals surface area (Å²) in [7, 11) is 0. The van der Waals surface area contributed by atoms with E-state index in [0.717, 1.165) is 5.13 Å². The number of carboxylic acids is 1. The van der Waals surface area contributed by atoms with Crippen LogP contribution in [0.2, 0.25) is 0 Å². The summed E-state index contributed by atoms with van der Waals surface area (Å²) < 4.78 is 1.48. The van der Waals surface area contributed by atoms with Crippen molar-refractivity contribution in [1.29, 1.82) is 0 Å². The third kappa shape index (κ3) is 2.54. The summed E-state index contributed by atoms with van der Waals surface area (Å²) in [5.74, 6) is -1.07. The summed E-state index contributed by atoms with van der Waals surface area (Å²) in [4.78, 5) is 14.6. The van der Waals surface area contributed by atoms with E-state index in [-0.39, 0.29) is 5.69 Å². The van der Waals surface area contributed by atoms with Crippen molar-refractivity contribution in [2.45, 2.75) is 6.54 Å². The van der Waals surface area contributed by atoms with Crippen LogP contribution in [0.4, 0.5) is 5.13 Å². The Hall–Kier alpha value is -1.96. The largest absolute Gasteiger partial charge is 0.476 e. The van der Waals surface area contributed by atoms with Gasteiger partial charge in [-0.1, -0.05) is 5.21 Å². The average molecular weight is 239 g/mol. The van der Waals surface area contributed by atoms with Gasteiger partial charge in [0.1, 0.15) is 0 Å². The third-order valence-electron chi connectivity index (χ3n) is 1.81. The number of aromatic nitrogens is 4. The molecule has 0 saturated carbocycles. The van der Waals surface area contributed by atoms with Gasteiger partial charge in [-0.15, -0.1) is 16.4 Å². The number of carboxylic acid groups (broad SMARTS) is 1. The predicted molar refractivity (Wildman–Crippen MR) is 57.6 cm³/mol. The van der Waals surface area contributed by atoms with Crippen LogP contribution in [-0.2, 0) is 6.54 Å². The van der Waals surface area contributed by atoms with Crippen molar-refractivity contribution in [2.24, 2.45) is 0 Å². The molecular weight excluding hydrogens is 230 g/mol. The van der Waals surface area contributed by atoms with Crippen LogP contribution in [0.15, 0.2) is 17.8 Å². The molecule has 2 rings (SSSR count). The number of nitrogens with zero attached hydrogens (tertiary/aromatic N) is 4. The molecule has 2 heterocycles. The van der Waals surface area contributed by atoms with E-state index < -0.39 is 5.97 Å². The van der Waals surface area contributed by atoms with E-state index in [1.807, 2.05) is 5.38 Å². The molecule has 2 N–H and O–H groups in total. The Morgan fingerprint density at radius 1 is 1.62 bits per heavy atom. The molecule has 0 radical (unpaired) electrons. The Balaban J connectivity index is 1.83. The second-order valence-corrected chi connectivity index (χ2v) is 3.83. The molecule has 0 aliphatic heterocycles. The topological polar surface area (TPSA) is 92.9 Å². The standard InChI is InChI=1S/C8H9N5O2S/c14-7(15)6-5-13(12-11-6)3-1-9-8-10-2-4-16-8/h2,4-5H,1,3H2,(H,9,10)(H,14,15). The summed E-state index contributed by atoms with van der Waals surface area (Å²) in [5, 5.41) is 21.6. The maximum Gasteiger partial charge on any atom is 0.358 e. The van der Waals surface area contributed by atoms with E-state index in [4.69, 9.17) is 5.11 Å². The molecule has 0 atom stereocenters. The van der Waals surface area contributed by atoms with Gasteiger partial charge in [0.25, 0.3) is 0 Å². The second kappa shape index (κ2) is 4.71. The Kier molecular flexibility index (Phi) is 3.10. The summed E-state index contributed by atoms with van der Waals surface area (Å²) >= 11 is 1.51. The highest BCUT2D eigenvalue weighted by Crippen LogP contribution is 2.09. The number of thiazole rings is 1. The van der Waals surface area contributed by atoms with Crippen LogP contribution in [0.1, 0.15) is 10.5 Å². The van der Waals surface area contributed by atoms with Crippen molar-refractivity contribution in [1.82, 2.24) is 20.0 Å². The molecule has 0 aromatic carbocycles. The fraction of sp³-hybridized carbons (Fsp3) is 0.250. The smallest absolute Gasteiger partial charge is 0.358 e. The SMILES string of the molecule is O=C(O)c1cn(CCNc2nccs2)nn1. The van der Waals surface area contributed by atoms with Gasteiger partial charge in [0, 0.05) is 18.1 Å². The first-order chi connectivity index (χ1) is 7.75. The molecule has 0 spiro atoms. The number of carbonyl (C=O) groups is 1. The molecule has 0 bridgehead atoms. The minimum Gasteiger partial charge on any atom is -0.476 e. The number of nitrogens with one attached hydrogen (secondary N) is 1. The highest BCUT2D eigenvalue weighted by atomic mass is 32.1. The second-order valence-electron chi connectivity index (χ2n) is 2.94. The molecule has 2 aromatic rings. The fourth-order valence-electron chi connectivity index (χ4n) is 1.09. The van der Waals surface area contributed by atoms with Crippen molar-refractivity contribution in [3.8, 4) is 0 Å². The zero-order chi connectivity index (χ0) is 11.4. The maximum absolute atomic E-state index is 10.5. The molecular formula is C8H9N5O2S. The van der Waals surface area contributed by atoms with Gasteiger partial charge in [-0.2, -0.15) is 0 Å². The zero-order valence-electron chi connectivity index (χ0n) is 8.20. The third-order valence-corrected chi connectivity index (χ3v) is 2.54. The van der Waals surface area contributed by atoms with Crippen LogP contribution < -0.4 is 5.32 Å². The molecule has 0 unspecified atom stereocenters. The van der Waals surface area contributed by atoms with Gasteiger partial charge in [0.15, 0.2) is 10.8 Å². The normalized spacial score (nSPS) is 10.2. The van der Waals surface area contributed by atoms with Gasteiger partial charge in [-0.3, -0.25) is 0 Å². The molecule has 0 aliphatic carbocycles. The Labute approximate surface area is 94.7 Å². The molecule has 2 aromatic heterocycles. The molecule has 16 heavy (non-hydrogen) atoms. The van der Waals surface area contributed by atoms with Crippen molar-refractivity contribution >= 4 is 22.4 Å². The lowest BCUT2D eigenvalue weighted by atomic mass is 10.5. The van der Waals surface area contributed by atoms with Gasteiger partial charge in [-0.25, -0.2) is 14.5 Å². The minimum absolute atomic E-state index is 0.0470. The predicted octanol–water partition coefficient (Wildman–Crippen LogP) is 0.545. The van der Waals surface area contributed by atoms with Crippen molar-refractivity contribution < 1.29 is 9.90 Å². The van der Waals surface area contributed by atoms with Gasteiger partial charge in [-0.05, 0) is 0 Å².